The highest BCUT2D eigenvalue weighted by Crippen LogP contribution is 2.28. The number of pyridine rings is 1. The number of amides is 2. The number of aryl methyl sites for hydroxylation is 2. The van der Waals surface area contributed by atoms with Crippen LogP contribution in [0, 0.1) is 25.2 Å². The number of fused-ring (bicyclic) bond motifs is 1. The maximum absolute atomic E-state index is 12.4. The van der Waals surface area contributed by atoms with Crippen LogP contribution in [0.3, 0.4) is 0 Å². The minimum Gasteiger partial charge on any atom is -0.381 e. The van der Waals surface area contributed by atoms with Crippen molar-refractivity contribution in [3.63, 3.8) is 0 Å². The van der Waals surface area contributed by atoms with E-state index in [1.165, 1.54) is 6.20 Å². The molecule has 3 rings (SSSR count). The summed E-state index contributed by atoms with van der Waals surface area (Å²) in [6.45, 7) is 3.60. The zero-order valence-electron chi connectivity index (χ0n) is 12.0. The molecule has 1 aliphatic rings. The Morgan fingerprint density at radius 1 is 1.36 bits per heavy atom. The average Bonchev–Trinajstić information content (AvgIpc) is 2.81. The lowest BCUT2D eigenvalue weighted by atomic mass is 10.1. The van der Waals surface area contributed by atoms with Gasteiger partial charge in [-0.1, -0.05) is 0 Å². The fourth-order valence-electron chi connectivity index (χ4n) is 2.43. The van der Waals surface area contributed by atoms with Crippen LogP contribution in [0.2, 0.25) is 0 Å². The molecule has 8 nitrogen and oxygen atoms in total. The summed E-state index contributed by atoms with van der Waals surface area (Å²) < 4.78 is 0. The summed E-state index contributed by atoms with van der Waals surface area (Å²) in [6, 6.07) is 3.62. The molecule has 2 amide bonds. The molecule has 0 bridgehead atoms. The maximum atomic E-state index is 12.4. The lowest BCUT2D eigenvalue weighted by Gasteiger charge is -2.16. The highest BCUT2D eigenvalue weighted by Gasteiger charge is 2.32. The zero-order valence-corrected chi connectivity index (χ0v) is 12.0. The summed E-state index contributed by atoms with van der Waals surface area (Å²) in [7, 11) is 0. The smallest absolute Gasteiger partial charge is 0.278 e. The molecule has 1 aliphatic heterocycles. The van der Waals surface area contributed by atoms with Crippen LogP contribution < -0.4 is 10.2 Å². The molecule has 0 spiro atoms. The van der Waals surface area contributed by atoms with E-state index in [0.717, 1.165) is 16.2 Å². The molecule has 0 radical (unpaired) electrons. The van der Waals surface area contributed by atoms with Crippen molar-refractivity contribution < 1.29 is 9.59 Å². The van der Waals surface area contributed by atoms with Gasteiger partial charge in [-0.05, 0) is 25.5 Å². The van der Waals surface area contributed by atoms with Crippen LogP contribution in [0.1, 0.15) is 11.3 Å². The molecule has 22 heavy (non-hydrogen) atoms. The number of aromatic amines is 1. The Balaban J connectivity index is 2.21. The van der Waals surface area contributed by atoms with Crippen LogP contribution in [0.4, 0.5) is 5.82 Å². The number of H-pyrrole nitrogens is 1. The van der Waals surface area contributed by atoms with Crippen LogP contribution in [0.25, 0.3) is 11.0 Å². The number of carbonyl (C=O) groups is 2. The second-order valence-electron chi connectivity index (χ2n) is 4.94. The fourth-order valence-corrected chi connectivity index (χ4v) is 2.43. The SMILES string of the molecule is Cc1cc(C)c2c(N3C(=O)CNC=C(C#N)C3=O)n[nH]c2n1. The van der Waals surface area contributed by atoms with Crippen molar-refractivity contribution in [2.24, 2.45) is 0 Å². The van der Waals surface area contributed by atoms with Crippen LogP contribution >= 0.6 is 0 Å². The van der Waals surface area contributed by atoms with Gasteiger partial charge >= 0.3 is 0 Å². The zero-order chi connectivity index (χ0) is 15.9. The van der Waals surface area contributed by atoms with E-state index in [1.54, 1.807) is 6.07 Å². The lowest BCUT2D eigenvalue weighted by molar-refractivity contribution is -0.123. The van der Waals surface area contributed by atoms with Gasteiger partial charge in [0.2, 0.25) is 0 Å². The first-order valence-corrected chi connectivity index (χ1v) is 6.56. The highest BCUT2D eigenvalue weighted by molar-refractivity contribution is 6.25. The number of hydrogen-bond donors (Lipinski definition) is 2. The van der Waals surface area contributed by atoms with Crippen LogP contribution in [-0.4, -0.2) is 33.5 Å². The van der Waals surface area contributed by atoms with Crippen molar-refractivity contribution in [2.75, 3.05) is 11.4 Å². The van der Waals surface area contributed by atoms with Gasteiger partial charge in [0.05, 0.1) is 11.9 Å². The minimum atomic E-state index is -0.703. The van der Waals surface area contributed by atoms with Gasteiger partial charge in [-0.15, -0.1) is 0 Å². The Kier molecular flexibility index (Phi) is 3.10. The molecule has 110 valence electrons. The Labute approximate surface area is 125 Å². The summed E-state index contributed by atoms with van der Waals surface area (Å²) in [4.78, 5) is 29.9. The molecule has 0 atom stereocenters. The van der Waals surface area contributed by atoms with E-state index in [2.05, 4.69) is 20.5 Å². The maximum Gasteiger partial charge on any atom is 0.278 e. The van der Waals surface area contributed by atoms with Gasteiger partial charge in [0, 0.05) is 11.9 Å². The van der Waals surface area contributed by atoms with Crippen molar-refractivity contribution in [1.82, 2.24) is 20.5 Å². The standard InChI is InChI=1S/C14H12N6O2/c1-7-3-8(2)17-12-11(7)13(19-18-12)20-10(21)6-16-5-9(4-15)14(20)22/h3,5,16H,6H2,1-2H3,(H,17,18,19). The van der Waals surface area contributed by atoms with Crippen molar-refractivity contribution in [2.45, 2.75) is 13.8 Å². The number of nitrogens with zero attached hydrogens (tertiary/aromatic N) is 4. The Morgan fingerprint density at radius 2 is 2.14 bits per heavy atom. The quantitative estimate of drug-likeness (QED) is 0.738. The van der Waals surface area contributed by atoms with E-state index >= 15 is 0 Å². The first kappa shape index (κ1) is 13.8. The van der Waals surface area contributed by atoms with E-state index < -0.39 is 11.8 Å². The van der Waals surface area contributed by atoms with Crippen molar-refractivity contribution >= 4 is 28.7 Å². The van der Waals surface area contributed by atoms with Gasteiger partial charge in [0.15, 0.2) is 11.5 Å². The fraction of sp³-hybridized carbons (Fsp3) is 0.214. The molecule has 2 aromatic rings. The number of anilines is 1. The van der Waals surface area contributed by atoms with E-state index in [0.29, 0.717) is 11.0 Å². The number of nitrogens with one attached hydrogen (secondary N) is 2. The Morgan fingerprint density at radius 3 is 2.86 bits per heavy atom. The van der Waals surface area contributed by atoms with Gasteiger partial charge < -0.3 is 5.32 Å². The Hall–Kier alpha value is -3.21. The molecule has 0 unspecified atom stereocenters. The largest absolute Gasteiger partial charge is 0.381 e. The topological polar surface area (TPSA) is 115 Å². The van der Waals surface area contributed by atoms with E-state index in [-0.39, 0.29) is 17.9 Å². The number of hydrogen-bond acceptors (Lipinski definition) is 6. The minimum absolute atomic E-state index is 0.0936. The van der Waals surface area contributed by atoms with Gasteiger partial charge in [0.25, 0.3) is 11.8 Å². The molecule has 0 fully saturated rings. The average molecular weight is 296 g/mol. The monoisotopic (exact) mass is 296 g/mol. The van der Waals surface area contributed by atoms with Gasteiger partial charge in [0.1, 0.15) is 11.6 Å². The third-order valence-electron chi connectivity index (χ3n) is 3.35. The van der Waals surface area contributed by atoms with Crippen molar-refractivity contribution in [3.8, 4) is 6.07 Å². The van der Waals surface area contributed by atoms with Gasteiger partial charge in [-0.3, -0.25) is 14.7 Å². The number of imide groups is 1. The van der Waals surface area contributed by atoms with Crippen molar-refractivity contribution in [1.29, 1.82) is 5.26 Å². The second kappa shape index (κ2) is 4.96. The summed E-state index contributed by atoms with van der Waals surface area (Å²) in [5.74, 6) is -1.02. The number of rotatable bonds is 1. The van der Waals surface area contributed by atoms with Crippen molar-refractivity contribution in [3.05, 3.63) is 29.1 Å². The molecule has 0 aliphatic carbocycles. The normalized spacial score (nSPS) is 15.3. The third-order valence-corrected chi connectivity index (χ3v) is 3.35. The van der Waals surface area contributed by atoms with Gasteiger partial charge in [-0.2, -0.15) is 10.4 Å². The molecule has 2 N–H and O–H groups in total. The molecule has 3 heterocycles. The van der Waals surface area contributed by atoms with Crippen LogP contribution in [-0.2, 0) is 9.59 Å². The predicted octanol–water partition coefficient (Wildman–Crippen LogP) is 0.445. The number of nitriles is 1. The molecular formula is C14H12N6O2. The summed E-state index contributed by atoms with van der Waals surface area (Å²) in [5.41, 5.74) is 1.98. The molecule has 0 saturated heterocycles. The summed E-state index contributed by atoms with van der Waals surface area (Å²) >= 11 is 0. The van der Waals surface area contributed by atoms with E-state index in [9.17, 15) is 9.59 Å². The van der Waals surface area contributed by atoms with E-state index in [4.69, 9.17) is 5.26 Å². The van der Waals surface area contributed by atoms with E-state index in [1.807, 2.05) is 19.9 Å². The van der Waals surface area contributed by atoms with Crippen LogP contribution in [0.15, 0.2) is 17.8 Å². The Bertz CT molecular complexity index is 873. The summed E-state index contributed by atoms with van der Waals surface area (Å²) in [5, 5.41) is 19.1. The molecular weight excluding hydrogens is 284 g/mol. The predicted molar refractivity (Wildman–Crippen MR) is 77.6 cm³/mol. The van der Waals surface area contributed by atoms with Crippen LogP contribution in [0.5, 0.6) is 0 Å². The molecule has 2 aromatic heterocycles. The van der Waals surface area contributed by atoms with Gasteiger partial charge in [-0.25, -0.2) is 9.88 Å². The highest BCUT2D eigenvalue weighted by atomic mass is 16.2. The molecule has 0 aromatic carbocycles. The number of aromatic nitrogens is 3. The second-order valence-corrected chi connectivity index (χ2v) is 4.94. The number of carbonyl (C=O) groups excluding carboxylic acids is 2. The first-order chi connectivity index (χ1) is 10.5. The molecule has 8 heteroatoms. The lowest BCUT2D eigenvalue weighted by Crippen LogP contribution is -2.40. The summed E-state index contributed by atoms with van der Waals surface area (Å²) in [6.07, 6.45) is 1.24. The molecule has 0 saturated carbocycles. The third kappa shape index (κ3) is 2.00. The first-order valence-electron chi connectivity index (χ1n) is 6.56.